The van der Waals surface area contributed by atoms with Crippen LogP contribution in [0.25, 0.3) is 0 Å². The van der Waals surface area contributed by atoms with Gasteiger partial charge in [-0.25, -0.2) is 4.79 Å². The van der Waals surface area contributed by atoms with Gasteiger partial charge in [0.1, 0.15) is 5.75 Å². The molecule has 0 bridgehead atoms. The fourth-order valence-corrected chi connectivity index (χ4v) is 2.39. The topological polar surface area (TPSA) is 67.9 Å². The fourth-order valence-electron chi connectivity index (χ4n) is 2.39. The molecule has 0 spiro atoms. The first-order chi connectivity index (χ1) is 13.5. The Hall–Kier alpha value is -3.02. The number of hydrogen-bond donors (Lipinski definition) is 1. The van der Waals surface area contributed by atoms with Gasteiger partial charge in [-0.3, -0.25) is 4.79 Å². The predicted molar refractivity (Wildman–Crippen MR) is 110 cm³/mol. The molecule has 0 saturated heterocycles. The van der Waals surface area contributed by atoms with Gasteiger partial charge in [0.2, 0.25) is 0 Å². The van der Waals surface area contributed by atoms with Gasteiger partial charge >= 0.3 is 5.97 Å². The van der Waals surface area contributed by atoms with Crippen molar-refractivity contribution in [2.24, 2.45) is 0 Å². The van der Waals surface area contributed by atoms with Crippen LogP contribution in [0.2, 0.25) is 0 Å². The van der Waals surface area contributed by atoms with Crippen LogP contribution in [0.1, 0.15) is 35.7 Å². The molecule has 0 aliphatic carbocycles. The van der Waals surface area contributed by atoms with Crippen molar-refractivity contribution in [3.63, 3.8) is 0 Å². The van der Waals surface area contributed by atoms with Crippen LogP contribution in [0.15, 0.2) is 48.5 Å². The van der Waals surface area contributed by atoms with E-state index in [1.807, 2.05) is 50.2 Å². The molecule has 2 aromatic carbocycles. The van der Waals surface area contributed by atoms with E-state index < -0.39 is 0 Å². The van der Waals surface area contributed by atoms with Gasteiger partial charge in [0.25, 0.3) is 5.91 Å². The van der Waals surface area contributed by atoms with Crippen LogP contribution >= 0.6 is 0 Å². The summed E-state index contributed by atoms with van der Waals surface area (Å²) in [5.74, 6) is -0.0339. The van der Waals surface area contributed by atoms with Crippen LogP contribution in [-0.4, -0.2) is 39.2 Å². The van der Waals surface area contributed by atoms with E-state index in [2.05, 4.69) is 5.32 Å². The average Bonchev–Trinajstić information content (AvgIpc) is 2.71. The molecule has 0 fully saturated rings. The maximum Gasteiger partial charge on any atom is 0.338 e. The highest BCUT2D eigenvalue weighted by Crippen LogP contribution is 2.14. The van der Waals surface area contributed by atoms with E-state index in [4.69, 9.17) is 9.47 Å². The minimum atomic E-state index is -0.349. The minimum absolute atomic E-state index is 0.0872. The van der Waals surface area contributed by atoms with Crippen molar-refractivity contribution in [1.82, 2.24) is 5.32 Å². The van der Waals surface area contributed by atoms with Crippen LogP contribution in [-0.2, 0) is 16.1 Å². The van der Waals surface area contributed by atoms with E-state index in [-0.39, 0.29) is 18.5 Å². The van der Waals surface area contributed by atoms with E-state index in [9.17, 15) is 9.59 Å². The molecule has 0 aliphatic heterocycles. The second-order valence-electron chi connectivity index (χ2n) is 6.64. The summed E-state index contributed by atoms with van der Waals surface area (Å²) in [5, 5.41) is 2.82. The van der Waals surface area contributed by atoms with Crippen molar-refractivity contribution in [1.29, 1.82) is 0 Å². The zero-order valence-corrected chi connectivity index (χ0v) is 16.7. The lowest BCUT2D eigenvalue weighted by atomic mass is 10.2. The van der Waals surface area contributed by atoms with Gasteiger partial charge in [0.15, 0.2) is 6.61 Å². The summed E-state index contributed by atoms with van der Waals surface area (Å²) in [6.45, 7) is 2.82. The Morgan fingerprint density at radius 3 is 2.29 bits per heavy atom. The maximum absolute atomic E-state index is 12.0. The maximum atomic E-state index is 12.0. The number of benzene rings is 2. The van der Waals surface area contributed by atoms with Gasteiger partial charge in [-0.2, -0.15) is 0 Å². The molecule has 0 unspecified atom stereocenters. The summed E-state index contributed by atoms with van der Waals surface area (Å²) in [6, 6.07) is 14.6. The summed E-state index contributed by atoms with van der Waals surface area (Å²) in [6.07, 6.45) is 1.82. The molecule has 150 valence electrons. The van der Waals surface area contributed by atoms with E-state index in [1.165, 1.54) is 0 Å². The number of nitrogens with one attached hydrogen (secondary N) is 1. The zero-order valence-electron chi connectivity index (χ0n) is 16.7. The first-order valence-corrected chi connectivity index (χ1v) is 9.42. The second kappa shape index (κ2) is 11.0. The predicted octanol–water partition coefficient (Wildman–Crippen LogP) is 3.40. The average molecular weight is 384 g/mol. The van der Waals surface area contributed by atoms with Gasteiger partial charge < -0.3 is 19.7 Å². The van der Waals surface area contributed by atoms with E-state index >= 15 is 0 Å². The number of rotatable bonds is 10. The van der Waals surface area contributed by atoms with Gasteiger partial charge in [-0.05, 0) is 48.4 Å². The molecule has 0 aromatic heterocycles. The lowest BCUT2D eigenvalue weighted by Crippen LogP contribution is -2.28. The molecule has 0 atom stereocenters. The van der Waals surface area contributed by atoms with E-state index in [0.717, 1.165) is 24.1 Å². The fraction of sp³-hybridized carbons (Fsp3) is 0.364. The number of anilines is 1. The van der Waals surface area contributed by atoms with Crippen molar-refractivity contribution in [3.05, 3.63) is 59.7 Å². The summed E-state index contributed by atoms with van der Waals surface area (Å²) in [4.78, 5) is 25.8. The Morgan fingerprint density at radius 1 is 1.00 bits per heavy atom. The highest BCUT2D eigenvalue weighted by Gasteiger charge is 2.08. The number of esters is 1. The molecule has 6 nitrogen and oxygen atoms in total. The second-order valence-corrected chi connectivity index (χ2v) is 6.64. The van der Waals surface area contributed by atoms with Crippen LogP contribution in [0, 0.1) is 0 Å². The Kier molecular flexibility index (Phi) is 8.34. The molecule has 28 heavy (non-hydrogen) atoms. The quantitative estimate of drug-likeness (QED) is 0.502. The normalized spacial score (nSPS) is 10.2. The van der Waals surface area contributed by atoms with E-state index in [1.54, 1.807) is 24.3 Å². The lowest BCUT2D eigenvalue weighted by Gasteiger charge is -2.13. The van der Waals surface area contributed by atoms with Crippen LogP contribution < -0.4 is 15.0 Å². The van der Waals surface area contributed by atoms with Gasteiger partial charge in [-0.15, -0.1) is 0 Å². The minimum Gasteiger partial charge on any atom is -0.484 e. The highest BCUT2D eigenvalue weighted by molar-refractivity contribution is 5.89. The van der Waals surface area contributed by atoms with Gasteiger partial charge in [0, 0.05) is 26.3 Å². The Labute approximate surface area is 166 Å². The molecule has 0 radical (unpaired) electrons. The van der Waals surface area contributed by atoms with Crippen molar-refractivity contribution in [2.45, 2.75) is 26.3 Å². The molecular weight excluding hydrogens is 356 g/mol. The number of unbranched alkanes of at least 4 members (excludes halogenated alkanes) is 1. The molecule has 2 aromatic rings. The van der Waals surface area contributed by atoms with Crippen LogP contribution in [0.4, 0.5) is 5.69 Å². The van der Waals surface area contributed by atoms with Gasteiger partial charge in [0.05, 0.1) is 12.2 Å². The van der Waals surface area contributed by atoms with Crippen LogP contribution in [0.5, 0.6) is 5.75 Å². The van der Waals surface area contributed by atoms with Crippen molar-refractivity contribution in [2.75, 3.05) is 32.2 Å². The SMILES string of the molecule is CCCCOC(=O)c1ccc(OCC(=O)NCc2ccc(N(C)C)cc2)cc1. The van der Waals surface area contributed by atoms with E-state index in [0.29, 0.717) is 24.5 Å². The zero-order chi connectivity index (χ0) is 20.4. The van der Waals surface area contributed by atoms with Gasteiger partial charge in [-0.1, -0.05) is 25.5 Å². The molecular formula is C22H28N2O4. The molecule has 0 aliphatic rings. The number of carbonyl (C=O) groups is 2. The number of hydrogen-bond acceptors (Lipinski definition) is 5. The monoisotopic (exact) mass is 384 g/mol. The lowest BCUT2D eigenvalue weighted by molar-refractivity contribution is -0.123. The first-order valence-electron chi connectivity index (χ1n) is 9.42. The summed E-state index contributed by atoms with van der Waals surface area (Å²) >= 11 is 0. The Bertz CT molecular complexity index is 755. The molecule has 1 amide bonds. The summed E-state index contributed by atoms with van der Waals surface area (Å²) in [5.41, 5.74) is 2.59. The summed E-state index contributed by atoms with van der Waals surface area (Å²) in [7, 11) is 3.96. The molecule has 6 heteroatoms. The van der Waals surface area contributed by atoms with Crippen LogP contribution in [0.3, 0.4) is 0 Å². The largest absolute Gasteiger partial charge is 0.484 e. The third-order valence-corrected chi connectivity index (χ3v) is 4.13. The Balaban J connectivity index is 1.74. The van der Waals surface area contributed by atoms with Crippen molar-refractivity contribution >= 4 is 17.6 Å². The number of ether oxygens (including phenoxy) is 2. The number of carbonyl (C=O) groups excluding carboxylic acids is 2. The van der Waals surface area contributed by atoms with Crippen molar-refractivity contribution in [3.8, 4) is 5.75 Å². The smallest absolute Gasteiger partial charge is 0.338 e. The highest BCUT2D eigenvalue weighted by atomic mass is 16.5. The molecule has 0 heterocycles. The third-order valence-electron chi connectivity index (χ3n) is 4.13. The molecule has 2 rings (SSSR count). The standard InChI is InChI=1S/C22H28N2O4/c1-4-5-14-27-22(26)18-8-12-20(13-9-18)28-16-21(25)23-15-17-6-10-19(11-7-17)24(2)3/h6-13H,4-5,14-16H2,1-3H3,(H,23,25). The number of amides is 1. The Morgan fingerprint density at radius 2 is 1.68 bits per heavy atom. The molecule has 1 N–H and O–H groups in total. The summed E-state index contributed by atoms with van der Waals surface area (Å²) < 4.78 is 10.6. The third kappa shape index (κ3) is 6.95. The first kappa shape index (κ1) is 21.3. The molecule has 0 saturated carbocycles. The number of nitrogens with zero attached hydrogens (tertiary/aromatic N) is 1. The van der Waals surface area contributed by atoms with Crippen molar-refractivity contribution < 1.29 is 19.1 Å².